The van der Waals surface area contributed by atoms with Gasteiger partial charge in [0, 0.05) is 12.1 Å². The predicted molar refractivity (Wildman–Crippen MR) is 73.5 cm³/mol. The van der Waals surface area contributed by atoms with Crippen molar-refractivity contribution in [2.45, 2.75) is 50.6 Å². The second kappa shape index (κ2) is 5.57. The fraction of sp³-hybridized carbons (Fsp3) is 0.929. The van der Waals surface area contributed by atoms with Crippen LogP contribution in [0.4, 0.5) is 0 Å². The first kappa shape index (κ1) is 13.8. The lowest BCUT2D eigenvalue weighted by Crippen LogP contribution is -2.60. The van der Waals surface area contributed by atoms with Gasteiger partial charge in [0.2, 0.25) is 5.91 Å². The Morgan fingerprint density at radius 3 is 2.61 bits per heavy atom. The summed E-state index contributed by atoms with van der Waals surface area (Å²) in [6.07, 6.45) is 6.03. The standard InChI is InChI=1S/C14H27N3O/c1-11-6-4-9-15-12(11)13(18)16-10-14(17(2)3)7-5-8-14/h11-12,15H,4-10H2,1-3H3,(H,16,18). The number of likely N-dealkylation sites (N-methyl/N-ethyl adjacent to an activating group) is 1. The Bertz CT molecular complexity index is 299. The molecular weight excluding hydrogens is 226 g/mol. The largest absolute Gasteiger partial charge is 0.353 e. The first-order chi connectivity index (χ1) is 8.55. The SMILES string of the molecule is CC1CCCNC1C(=O)NCC1(N(C)C)CCC1. The smallest absolute Gasteiger partial charge is 0.237 e. The van der Waals surface area contributed by atoms with Crippen molar-refractivity contribution in [3.8, 4) is 0 Å². The third kappa shape index (κ3) is 2.69. The van der Waals surface area contributed by atoms with E-state index in [0.717, 1.165) is 19.5 Å². The summed E-state index contributed by atoms with van der Waals surface area (Å²) in [6, 6.07) is 0.0121. The van der Waals surface area contributed by atoms with Crippen LogP contribution < -0.4 is 10.6 Å². The molecule has 1 aliphatic heterocycles. The molecule has 2 unspecified atom stereocenters. The van der Waals surface area contributed by atoms with Crippen LogP contribution in [0.1, 0.15) is 39.0 Å². The highest BCUT2D eigenvalue weighted by atomic mass is 16.2. The molecule has 2 aliphatic rings. The molecule has 2 rings (SSSR count). The molecule has 0 aromatic heterocycles. The van der Waals surface area contributed by atoms with Crippen LogP contribution >= 0.6 is 0 Å². The summed E-state index contributed by atoms with van der Waals surface area (Å²) in [5.41, 5.74) is 0.216. The molecule has 0 spiro atoms. The van der Waals surface area contributed by atoms with Crippen molar-refractivity contribution < 1.29 is 4.79 Å². The molecule has 1 aliphatic carbocycles. The molecule has 18 heavy (non-hydrogen) atoms. The Balaban J connectivity index is 1.84. The van der Waals surface area contributed by atoms with Crippen molar-refractivity contribution >= 4 is 5.91 Å². The number of carbonyl (C=O) groups is 1. The molecule has 4 nitrogen and oxygen atoms in total. The molecule has 1 saturated carbocycles. The highest BCUT2D eigenvalue weighted by Crippen LogP contribution is 2.35. The van der Waals surface area contributed by atoms with Crippen LogP contribution in [-0.4, -0.2) is 49.6 Å². The molecule has 104 valence electrons. The van der Waals surface area contributed by atoms with Crippen molar-refractivity contribution in [2.75, 3.05) is 27.2 Å². The number of nitrogens with one attached hydrogen (secondary N) is 2. The van der Waals surface area contributed by atoms with Crippen molar-refractivity contribution in [3.63, 3.8) is 0 Å². The number of carbonyl (C=O) groups excluding carboxylic acids is 1. The average molecular weight is 253 g/mol. The fourth-order valence-corrected chi connectivity index (χ4v) is 3.13. The van der Waals surface area contributed by atoms with Crippen LogP contribution in [0, 0.1) is 5.92 Å². The van der Waals surface area contributed by atoms with Gasteiger partial charge in [-0.3, -0.25) is 4.79 Å². The van der Waals surface area contributed by atoms with Gasteiger partial charge in [-0.2, -0.15) is 0 Å². The van der Waals surface area contributed by atoms with Crippen molar-refractivity contribution in [2.24, 2.45) is 5.92 Å². The molecule has 1 amide bonds. The Hall–Kier alpha value is -0.610. The molecule has 2 fully saturated rings. The lowest BCUT2D eigenvalue weighted by molar-refractivity contribution is -0.125. The number of hydrogen-bond acceptors (Lipinski definition) is 3. The number of piperidine rings is 1. The van der Waals surface area contributed by atoms with Crippen molar-refractivity contribution in [3.05, 3.63) is 0 Å². The summed E-state index contributed by atoms with van der Waals surface area (Å²) >= 11 is 0. The highest BCUT2D eigenvalue weighted by molar-refractivity contribution is 5.82. The second-order valence-corrected chi connectivity index (χ2v) is 6.24. The molecule has 0 radical (unpaired) electrons. The number of nitrogens with zero attached hydrogens (tertiary/aromatic N) is 1. The van der Waals surface area contributed by atoms with E-state index in [1.807, 2.05) is 0 Å². The molecule has 0 aromatic carbocycles. The zero-order valence-electron chi connectivity index (χ0n) is 12.0. The lowest BCUT2D eigenvalue weighted by atomic mass is 9.75. The van der Waals surface area contributed by atoms with Gasteiger partial charge in [0.15, 0.2) is 0 Å². The monoisotopic (exact) mass is 253 g/mol. The topological polar surface area (TPSA) is 44.4 Å². The molecule has 4 heteroatoms. The van der Waals surface area contributed by atoms with Gasteiger partial charge in [0.1, 0.15) is 0 Å². The lowest BCUT2D eigenvalue weighted by Gasteiger charge is -2.47. The minimum atomic E-state index is 0.0121. The maximum absolute atomic E-state index is 12.2. The van der Waals surface area contributed by atoms with Gasteiger partial charge < -0.3 is 15.5 Å². The Labute approximate surface area is 110 Å². The van der Waals surface area contributed by atoms with Gasteiger partial charge in [-0.15, -0.1) is 0 Å². The molecule has 0 aromatic rings. The minimum Gasteiger partial charge on any atom is -0.353 e. The van der Waals surface area contributed by atoms with Gasteiger partial charge in [0.05, 0.1) is 6.04 Å². The number of amides is 1. The van der Waals surface area contributed by atoms with Gasteiger partial charge >= 0.3 is 0 Å². The fourth-order valence-electron chi connectivity index (χ4n) is 3.13. The van der Waals surface area contributed by atoms with Gasteiger partial charge in [-0.25, -0.2) is 0 Å². The summed E-state index contributed by atoms with van der Waals surface area (Å²) in [5.74, 6) is 0.644. The van der Waals surface area contributed by atoms with Crippen LogP contribution in [0.15, 0.2) is 0 Å². The summed E-state index contributed by atoms with van der Waals surface area (Å²) in [4.78, 5) is 14.5. The first-order valence-electron chi connectivity index (χ1n) is 7.24. The van der Waals surface area contributed by atoms with Crippen LogP contribution in [0.3, 0.4) is 0 Å². The zero-order valence-corrected chi connectivity index (χ0v) is 12.0. The Morgan fingerprint density at radius 2 is 2.11 bits per heavy atom. The van der Waals surface area contributed by atoms with E-state index in [-0.39, 0.29) is 17.5 Å². The highest BCUT2D eigenvalue weighted by Gasteiger charge is 2.40. The Kier molecular flexibility index (Phi) is 4.28. The average Bonchev–Trinajstić information content (AvgIpc) is 2.27. The normalized spacial score (nSPS) is 30.9. The van der Waals surface area contributed by atoms with Crippen LogP contribution in [0.5, 0.6) is 0 Å². The van der Waals surface area contributed by atoms with E-state index in [1.165, 1.54) is 25.7 Å². The maximum atomic E-state index is 12.2. The first-order valence-corrected chi connectivity index (χ1v) is 7.24. The van der Waals surface area contributed by atoms with Crippen LogP contribution in [0.25, 0.3) is 0 Å². The molecule has 1 heterocycles. The number of rotatable bonds is 4. The summed E-state index contributed by atoms with van der Waals surface area (Å²) in [5, 5.41) is 6.51. The van der Waals surface area contributed by atoms with E-state index >= 15 is 0 Å². The quantitative estimate of drug-likeness (QED) is 0.785. The summed E-state index contributed by atoms with van der Waals surface area (Å²) < 4.78 is 0. The van der Waals surface area contributed by atoms with Crippen molar-refractivity contribution in [1.29, 1.82) is 0 Å². The molecule has 1 saturated heterocycles. The third-order valence-electron chi connectivity index (χ3n) is 4.88. The Morgan fingerprint density at radius 1 is 1.39 bits per heavy atom. The van der Waals surface area contributed by atoms with Crippen LogP contribution in [0.2, 0.25) is 0 Å². The van der Waals surface area contributed by atoms with Gasteiger partial charge in [-0.05, 0) is 58.7 Å². The van der Waals surface area contributed by atoms with E-state index in [0.29, 0.717) is 5.92 Å². The van der Waals surface area contributed by atoms with Gasteiger partial charge in [-0.1, -0.05) is 6.92 Å². The van der Waals surface area contributed by atoms with E-state index in [1.54, 1.807) is 0 Å². The predicted octanol–water partition coefficient (Wildman–Crippen LogP) is 0.975. The van der Waals surface area contributed by atoms with Gasteiger partial charge in [0.25, 0.3) is 0 Å². The molecular formula is C14H27N3O. The summed E-state index contributed by atoms with van der Waals surface area (Å²) in [7, 11) is 4.24. The molecule has 2 atom stereocenters. The molecule has 2 N–H and O–H groups in total. The van der Waals surface area contributed by atoms with E-state index in [4.69, 9.17) is 0 Å². The van der Waals surface area contributed by atoms with E-state index in [9.17, 15) is 4.79 Å². The maximum Gasteiger partial charge on any atom is 0.237 e. The van der Waals surface area contributed by atoms with Crippen LogP contribution in [-0.2, 0) is 4.79 Å². The van der Waals surface area contributed by atoms with E-state index in [2.05, 4.69) is 36.6 Å². The number of hydrogen-bond donors (Lipinski definition) is 2. The third-order valence-corrected chi connectivity index (χ3v) is 4.88. The van der Waals surface area contributed by atoms with E-state index < -0.39 is 0 Å². The minimum absolute atomic E-state index is 0.0121. The zero-order chi connectivity index (χ0) is 13.2. The summed E-state index contributed by atoms with van der Waals surface area (Å²) in [6.45, 7) is 3.94. The second-order valence-electron chi connectivity index (χ2n) is 6.24. The molecule has 0 bridgehead atoms. The van der Waals surface area contributed by atoms with Crippen molar-refractivity contribution in [1.82, 2.24) is 15.5 Å².